The van der Waals surface area contributed by atoms with E-state index in [-0.39, 0.29) is 6.42 Å². The fraction of sp³-hybridized carbons (Fsp3) is 0.438. The van der Waals surface area contributed by atoms with Crippen molar-refractivity contribution in [2.24, 2.45) is 0 Å². The second-order valence-electron chi connectivity index (χ2n) is 6.19. The molecule has 0 saturated carbocycles. The van der Waals surface area contributed by atoms with Crippen LogP contribution in [0.15, 0.2) is 30.3 Å². The number of nitro groups is 1. The number of rotatable bonds is 5. The average molecular weight is 326 g/mol. The maximum absolute atomic E-state index is 12.1. The zero-order valence-corrected chi connectivity index (χ0v) is 13.9. The summed E-state index contributed by atoms with van der Waals surface area (Å²) in [5.41, 5.74) is -1.73. The third kappa shape index (κ3) is 5.15. The molecule has 6 heteroatoms. The highest BCUT2D eigenvalue weighted by molar-refractivity contribution is 6.30. The van der Waals surface area contributed by atoms with Gasteiger partial charge in [0.15, 0.2) is 0 Å². The third-order valence-corrected chi connectivity index (χ3v) is 3.19. The van der Waals surface area contributed by atoms with Crippen molar-refractivity contribution in [2.75, 3.05) is 0 Å². The van der Waals surface area contributed by atoms with Crippen LogP contribution in [0.4, 0.5) is 0 Å². The Bertz CT molecular complexity index is 575. The minimum absolute atomic E-state index is 0.0580. The lowest BCUT2D eigenvalue weighted by Crippen LogP contribution is -2.46. The number of esters is 1. The van der Waals surface area contributed by atoms with Gasteiger partial charge in [0.1, 0.15) is 5.60 Å². The number of hydrogen-bond acceptors (Lipinski definition) is 4. The van der Waals surface area contributed by atoms with Gasteiger partial charge in [0.2, 0.25) is 0 Å². The van der Waals surface area contributed by atoms with E-state index in [1.165, 1.54) is 6.92 Å². The van der Waals surface area contributed by atoms with Crippen LogP contribution in [0.3, 0.4) is 0 Å². The van der Waals surface area contributed by atoms with Crippen LogP contribution in [0.5, 0.6) is 0 Å². The average Bonchev–Trinajstić information content (AvgIpc) is 2.38. The van der Waals surface area contributed by atoms with Crippen molar-refractivity contribution in [2.45, 2.75) is 45.3 Å². The molecule has 0 aromatic heterocycles. The van der Waals surface area contributed by atoms with Crippen LogP contribution in [0.2, 0.25) is 5.02 Å². The molecule has 0 aliphatic rings. The highest BCUT2D eigenvalue weighted by Gasteiger charge is 2.47. The van der Waals surface area contributed by atoms with Gasteiger partial charge in [-0.05, 0) is 38.5 Å². The van der Waals surface area contributed by atoms with Crippen molar-refractivity contribution in [3.63, 3.8) is 0 Å². The van der Waals surface area contributed by atoms with Gasteiger partial charge < -0.3 is 4.74 Å². The lowest BCUT2D eigenvalue weighted by molar-refractivity contribution is -0.550. The molecular formula is C16H20ClNO4. The predicted molar refractivity (Wildman–Crippen MR) is 86.3 cm³/mol. The molecule has 0 heterocycles. The molecule has 0 aliphatic carbocycles. The van der Waals surface area contributed by atoms with E-state index in [2.05, 4.69) is 0 Å². The number of ether oxygens (including phenoxy) is 1. The minimum Gasteiger partial charge on any atom is -0.455 e. The van der Waals surface area contributed by atoms with Crippen LogP contribution >= 0.6 is 11.6 Å². The molecule has 0 saturated heterocycles. The van der Waals surface area contributed by atoms with Crippen LogP contribution in [-0.2, 0) is 9.53 Å². The zero-order valence-electron chi connectivity index (χ0n) is 13.1. The summed E-state index contributed by atoms with van der Waals surface area (Å²) < 4.78 is 5.15. The quantitative estimate of drug-likeness (QED) is 0.464. The van der Waals surface area contributed by atoms with E-state index in [0.717, 1.165) is 5.56 Å². The fourth-order valence-electron chi connectivity index (χ4n) is 1.62. The molecule has 0 bridgehead atoms. The first-order valence-corrected chi connectivity index (χ1v) is 7.22. The molecule has 1 aromatic carbocycles. The minimum atomic E-state index is -1.81. The standard InChI is InChI=1S/C16H20ClNO4/c1-15(2,3)22-14(19)16(4,18(20)21)11-5-6-12-7-9-13(17)10-8-12/h5-10H,11H2,1-4H3/b6-5+/t16-/m1/s1. The molecule has 1 atom stereocenters. The summed E-state index contributed by atoms with van der Waals surface area (Å²) in [5.74, 6) is -0.842. The van der Waals surface area contributed by atoms with Gasteiger partial charge >= 0.3 is 11.5 Å². The van der Waals surface area contributed by atoms with Crippen LogP contribution < -0.4 is 0 Å². The molecule has 1 aromatic rings. The Balaban J connectivity index is 2.85. The third-order valence-electron chi connectivity index (χ3n) is 2.94. The number of hydrogen-bond donors (Lipinski definition) is 0. The van der Waals surface area contributed by atoms with Crippen LogP contribution in [0, 0.1) is 10.1 Å². The molecule has 0 fully saturated rings. The lowest BCUT2D eigenvalue weighted by atomic mass is 9.97. The first kappa shape index (κ1) is 18.2. The Kier molecular flexibility index (Phi) is 5.72. The molecular weight excluding hydrogens is 306 g/mol. The number of nitrogens with zero attached hydrogens (tertiary/aromatic N) is 1. The molecule has 1 rings (SSSR count). The number of benzene rings is 1. The van der Waals surface area contributed by atoms with Crippen molar-refractivity contribution in [3.05, 3.63) is 51.0 Å². The summed E-state index contributed by atoms with van der Waals surface area (Å²) in [4.78, 5) is 22.8. The Morgan fingerprint density at radius 2 is 1.82 bits per heavy atom. The van der Waals surface area contributed by atoms with E-state index in [9.17, 15) is 14.9 Å². The highest BCUT2D eigenvalue weighted by atomic mass is 35.5. The number of carbonyl (C=O) groups is 1. The Morgan fingerprint density at radius 1 is 1.27 bits per heavy atom. The largest absolute Gasteiger partial charge is 0.455 e. The summed E-state index contributed by atoms with van der Waals surface area (Å²) in [5, 5.41) is 11.9. The van der Waals surface area contributed by atoms with Gasteiger partial charge in [-0.2, -0.15) is 0 Å². The molecule has 0 radical (unpaired) electrons. The summed E-state index contributed by atoms with van der Waals surface area (Å²) in [7, 11) is 0. The molecule has 0 N–H and O–H groups in total. The van der Waals surface area contributed by atoms with Crippen LogP contribution in [-0.4, -0.2) is 22.0 Å². The lowest BCUT2D eigenvalue weighted by Gasteiger charge is -2.24. The summed E-state index contributed by atoms with van der Waals surface area (Å²) in [6.07, 6.45) is 3.25. The van der Waals surface area contributed by atoms with Crippen molar-refractivity contribution in [3.8, 4) is 0 Å². The summed E-state index contributed by atoms with van der Waals surface area (Å²) >= 11 is 5.79. The molecule has 120 valence electrons. The summed E-state index contributed by atoms with van der Waals surface area (Å²) in [6.45, 7) is 6.30. The second kappa shape index (κ2) is 6.92. The monoisotopic (exact) mass is 325 g/mol. The van der Waals surface area contributed by atoms with Gasteiger partial charge in [-0.25, -0.2) is 4.79 Å². The van der Waals surface area contributed by atoms with Gasteiger partial charge in [-0.15, -0.1) is 0 Å². The van der Waals surface area contributed by atoms with E-state index in [0.29, 0.717) is 5.02 Å². The van der Waals surface area contributed by atoms with Crippen molar-refractivity contribution in [1.29, 1.82) is 0 Å². The topological polar surface area (TPSA) is 69.4 Å². The Morgan fingerprint density at radius 3 is 2.27 bits per heavy atom. The van der Waals surface area contributed by atoms with Crippen LogP contribution in [0.25, 0.3) is 6.08 Å². The second-order valence-corrected chi connectivity index (χ2v) is 6.63. The van der Waals surface area contributed by atoms with E-state index < -0.39 is 22.0 Å². The van der Waals surface area contributed by atoms with Crippen LogP contribution in [0.1, 0.15) is 39.7 Å². The van der Waals surface area contributed by atoms with Gasteiger partial charge in [-0.3, -0.25) is 10.1 Å². The molecule has 22 heavy (non-hydrogen) atoms. The van der Waals surface area contributed by atoms with Crippen molar-refractivity contribution < 1.29 is 14.5 Å². The normalized spacial score (nSPS) is 14.6. The number of halogens is 1. The van der Waals surface area contributed by atoms with Gasteiger partial charge in [0, 0.05) is 23.3 Å². The smallest absolute Gasteiger partial charge is 0.385 e. The Hall–Kier alpha value is -1.88. The zero-order chi connectivity index (χ0) is 17.0. The first-order valence-electron chi connectivity index (χ1n) is 6.85. The maximum Gasteiger partial charge on any atom is 0.385 e. The van der Waals surface area contributed by atoms with E-state index in [1.54, 1.807) is 57.2 Å². The first-order chi connectivity index (χ1) is 10.0. The SMILES string of the molecule is CC(C)(C)OC(=O)[C@@](C)(C/C=C/c1ccc(Cl)cc1)[N+](=O)[O-]. The van der Waals surface area contributed by atoms with Crippen molar-refractivity contribution >= 4 is 23.6 Å². The van der Waals surface area contributed by atoms with E-state index in [4.69, 9.17) is 16.3 Å². The number of carbonyl (C=O) groups excluding carboxylic acids is 1. The molecule has 0 unspecified atom stereocenters. The maximum atomic E-state index is 12.1. The molecule has 0 amide bonds. The Labute approximate surface area is 135 Å². The predicted octanol–water partition coefficient (Wildman–Crippen LogP) is 4.12. The van der Waals surface area contributed by atoms with Gasteiger partial charge in [0.05, 0.1) is 0 Å². The van der Waals surface area contributed by atoms with E-state index in [1.807, 2.05) is 0 Å². The fourth-order valence-corrected chi connectivity index (χ4v) is 1.74. The van der Waals surface area contributed by atoms with Gasteiger partial charge in [-0.1, -0.05) is 35.9 Å². The molecule has 5 nitrogen and oxygen atoms in total. The summed E-state index contributed by atoms with van der Waals surface area (Å²) in [6, 6.07) is 7.02. The highest BCUT2D eigenvalue weighted by Crippen LogP contribution is 2.22. The van der Waals surface area contributed by atoms with Crippen molar-refractivity contribution in [1.82, 2.24) is 0 Å². The van der Waals surface area contributed by atoms with E-state index >= 15 is 0 Å². The molecule has 0 aliphatic heterocycles. The molecule has 0 spiro atoms. The van der Waals surface area contributed by atoms with Gasteiger partial charge in [0.25, 0.3) is 0 Å².